The van der Waals surface area contributed by atoms with Crippen molar-refractivity contribution in [2.45, 2.75) is 76.7 Å². The smallest absolute Gasteiger partial charge is 0.341 e. The summed E-state index contributed by atoms with van der Waals surface area (Å²) in [6, 6.07) is 0. The van der Waals surface area contributed by atoms with E-state index in [0.717, 1.165) is 68.2 Å². The molecule has 3 aliphatic rings. The maximum Gasteiger partial charge on any atom is 0.341 e. The maximum absolute atomic E-state index is 13.2. The summed E-state index contributed by atoms with van der Waals surface area (Å²) in [5.41, 5.74) is 0.870. The summed E-state index contributed by atoms with van der Waals surface area (Å²) in [5.74, 6) is -1.37. The lowest BCUT2D eigenvalue weighted by atomic mass is 9.75. The van der Waals surface area contributed by atoms with E-state index in [1.54, 1.807) is 6.92 Å². The molecule has 1 unspecified atom stereocenters. The van der Waals surface area contributed by atoms with E-state index in [1.165, 1.54) is 11.3 Å². The molecule has 152 valence electrons. The molecular formula is C21H27NO5S. The summed E-state index contributed by atoms with van der Waals surface area (Å²) in [5, 5.41) is 3.56. The zero-order valence-corrected chi connectivity index (χ0v) is 17.1. The minimum Gasteiger partial charge on any atom is -0.462 e. The zero-order valence-electron chi connectivity index (χ0n) is 16.3. The standard InChI is InChI=1S/C21H27NO5S/c1-2-26-20(25)17-13-8-4-5-9-15(13)28-19(17)22-18(24)14-12-16(23)27-21(14)10-6-3-7-11-21/h14H,2-12H2,1H3,(H,22,24). The molecule has 1 aromatic rings. The predicted molar refractivity (Wildman–Crippen MR) is 106 cm³/mol. The van der Waals surface area contributed by atoms with Gasteiger partial charge in [0.15, 0.2) is 0 Å². The van der Waals surface area contributed by atoms with Crippen LogP contribution in [-0.2, 0) is 31.9 Å². The van der Waals surface area contributed by atoms with Crippen molar-refractivity contribution >= 4 is 34.2 Å². The third kappa shape index (κ3) is 3.45. The Labute approximate surface area is 169 Å². The van der Waals surface area contributed by atoms with Gasteiger partial charge in [-0.15, -0.1) is 11.3 Å². The van der Waals surface area contributed by atoms with Crippen LogP contribution in [0.1, 0.15) is 79.1 Å². The van der Waals surface area contributed by atoms with Gasteiger partial charge in [-0.05, 0) is 63.9 Å². The van der Waals surface area contributed by atoms with Crippen molar-refractivity contribution in [3.05, 3.63) is 16.0 Å². The first-order valence-electron chi connectivity index (χ1n) is 10.4. The van der Waals surface area contributed by atoms with E-state index in [-0.39, 0.29) is 24.3 Å². The van der Waals surface area contributed by atoms with Gasteiger partial charge < -0.3 is 14.8 Å². The molecule has 4 rings (SSSR count). The molecule has 1 amide bonds. The number of anilines is 1. The molecule has 6 nitrogen and oxygen atoms in total. The van der Waals surface area contributed by atoms with Gasteiger partial charge >= 0.3 is 11.9 Å². The zero-order chi connectivity index (χ0) is 19.7. The lowest BCUT2D eigenvalue weighted by molar-refractivity contribution is -0.153. The van der Waals surface area contributed by atoms with Crippen molar-refractivity contribution in [2.24, 2.45) is 5.92 Å². The van der Waals surface area contributed by atoms with Crippen LogP contribution in [0.4, 0.5) is 5.00 Å². The predicted octanol–water partition coefficient (Wildman–Crippen LogP) is 4.01. The SMILES string of the molecule is CCOC(=O)c1c(NC(=O)C2CC(=O)OC23CCCCC3)sc2c1CCCC2. The summed E-state index contributed by atoms with van der Waals surface area (Å²) >= 11 is 1.48. The third-order valence-electron chi connectivity index (χ3n) is 6.23. The number of esters is 2. The van der Waals surface area contributed by atoms with E-state index in [2.05, 4.69) is 5.32 Å². The number of ether oxygens (including phenoxy) is 2. The second-order valence-electron chi connectivity index (χ2n) is 7.98. The van der Waals surface area contributed by atoms with E-state index >= 15 is 0 Å². The first kappa shape index (κ1) is 19.4. The highest BCUT2D eigenvalue weighted by Crippen LogP contribution is 2.45. The van der Waals surface area contributed by atoms with Crippen molar-refractivity contribution in [2.75, 3.05) is 11.9 Å². The van der Waals surface area contributed by atoms with Crippen LogP contribution in [0.5, 0.6) is 0 Å². The number of carbonyl (C=O) groups is 3. The molecule has 1 aliphatic heterocycles. The van der Waals surface area contributed by atoms with Gasteiger partial charge in [0.1, 0.15) is 10.6 Å². The first-order valence-corrected chi connectivity index (χ1v) is 11.2. The lowest BCUT2D eigenvalue weighted by Gasteiger charge is -2.35. The number of amides is 1. The number of carbonyl (C=O) groups excluding carboxylic acids is 3. The van der Waals surface area contributed by atoms with Gasteiger partial charge in [0.25, 0.3) is 0 Å². The maximum atomic E-state index is 13.2. The largest absolute Gasteiger partial charge is 0.462 e. The average Bonchev–Trinajstić information content (AvgIpc) is 3.19. The van der Waals surface area contributed by atoms with E-state index in [1.807, 2.05) is 0 Å². The lowest BCUT2D eigenvalue weighted by Crippen LogP contribution is -2.43. The molecule has 0 bridgehead atoms. The summed E-state index contributed by atoms with van der Waals surface area (Å²) in [6.45, 7) is 2.08. The normalized spacial score (nSPS) is 23.2. The molecular weight excluding hydrogens is 378 g/mol. The van der Waals surface area contributed by atoms with Crippen molar-refractivity contribution < 1.29 is 23.9 Å². The summed E-state index contributed by atoms with van der Waals surface area (Å²) < 4.78 is 10.9. The number of hydrogen-bond acceptors (Lipinski definition) is 6. The quantitative estimate of drug-likeness (QED) is 0.766. The topological polar surface area (TPSA) is 81.7 Å². The summed E-state index contributed by atoms with van der Waals surface area (Å²) in [6.07, 6.45) is 8.54. The van der Waals surface area contributed by atoms with Crippen molar-refractivity contribution in [1.82, 2.24) is 0 Å². The van der Waals surface area contributed by atoms with E-state index in [0.29, 0.717) is 17.2 Å². The van der Waals surface area contributed by atoms with Crippen molar-refractivity contribution in [3.63, 3.8) is 0 Å². The Morgan fingerprint density at radius 3 is 2.68 bits per heavy atom. The van der Waals surface area contributed by atoms with E-state index in [4.69, 9.17) is 9.47 Å². The minimum atomic E-state index is -0.666. The number of rotatable bonds is 4. The highest BCUT2D eigenvalue weighted by Gasteiger charge is 2.53. The fourth-order valence-corrected chi connectivity index (χ4v) is 6.18. The Balaban J connectivity index is 1.61. The molecule has 1 saturated carbocycles. The number of nitrogens with one attached hydrogen (secondary N) is 1. The Kier molecular flexibility index (Phi) is 5.45. The van der Waals surface area contributed by atoms with Crippen LogP contribution in [0.3, 0.4) is 0 Å². The molecule has 0 aromatic carbocycles. The van der Waals surface area contributed by atoms with Crippen molar-refractivity contribution in [1.29, 1.82) is 0 Å². The van der Waals surface area contributed by atoms with Crippen LogP contribution in [0.15, 0.2) is 0 Å². The summed E-state index contributed by atoms with van der Waals surface area (Å²) in [7, 11) is 0. The van der Waals surface area contributed by atoms with Crippen LogP contribution in [0.2, 0.25) is 0 Å². The highest BCUT2D eigenvalue weighted by molar-refractivity contribution is 7.17. The van der Waals surface area contributed by atoms with Crippen LogP contribution < -0.4 is 5.32 Å². The Bertz CT molecular complexity index is 793. The Morgan fingerprint density at radius 1 is 1.18 bits per heavy atom. The fraction of sp³-hybridized carbons (Fsp3) is 0.667. The average molecular weight is 406 g/mol. The molecule has 28 heavy (non-hydrogen) atoms. The van der Waals surface area contributed by atoms with Crippen molar-refractivity contribution in [3.8, 4) is 0 Å². The highest BCUT2D eigenvalue weighted by atomic mass is 32.1. The minimum absolute atomic E-state index is 0.117. The van der Waals surface area contributed by atoms with Gasteiger partial charge in [0, 0.05) is 4.88 Å². The van der Waals surface area contributed by atoms with E-state index < -0.39 is 11.5 Å². The van der Waals surface area contributed by atoms with Gasteiger partial charge in [0.2, 0.25) is 5.91 Å². The number of fused-ring (bicyclic) bond motifs is 1. The van der Waals surface area contributed by atoms with Crippen LogP contribution in [-0.4, -0.2) is 30.1 Å². The molecule has 1 spiro atoms. The van der Waals surface area contributed by atoms with Gasteiger partial charge in [-0.3, -0.25) is 9.59 Å². The summed E-state index contributed by atoms with van der Waals surface area (Å²) in [4.78, 5) is 39.0. The molecule has 1 saturated heterocycles. The second-order valence-corrected chi connectivity index (χ2v) is 9.09. The van der Waals surface area contributed by atoms with Crippen LogP contribution in [0.25, 0.3) is 0 Å². The molecule has 7 heteroatoms. The van der Waals surface area contributed by atoms with Gasteiger partial charge in [-0.2, -0.15) is 0 Å². The monoisotopic (exact) mass is 405 g/mol. The molecule has 1 N–H and O–H groups in total. The Hall–Kier alpha value is -1.89. The fourth-order valence-electron chi connectivity index (χ4n) is 4.90. The van der Waals surface area contributed by atoms with Gasteiger partial charge in [-0.25, -0.2) is 4.79 Å². The molecule has 2 fully saturated rings. The third-order valence-corrected chi connectivity index (χ3v) is 7.43. The second kappa shape index (κ2) is 7.85. The van der Waals surface area contributed by atoms with Gasteiger partial charge in [-0.1, -0.05) is 6.42 Å². The number of hydrogen-bond donors (Lipinski definition) is 1. The number of thiophene rings is 1. The Morgan fingerprint density at radius 2 is 1.93 bits per heavy atom. The number of aryl methyl sites for hydroxylation is 1. The molecule has 1 aromatic heterocycles. The van der Waals surface area contributed by atoms with E-state index in [9.17, 15) is 14.4 Å². The van der Waals surface area contributed by atoms with Gasteiger partial charge in [0.05, 0.1) is 24.5 Å². The van der Waals surface area contributed by atoms with Crippen LogP contribution in [0, 0.1) is 5.92 Å². The molecule has 1 atom stereocenters. The first-order chi connectivity index (χ1) is 13.5. The molecule has 2 aliphatic carbocycles. The molecule has 0 radical (unpaired) electrons. The molecule has 2 heterocycles. The van der Waals surface area contributed by atoms with Crippen LogP contribution >= 0.6 is 11.3 Å².